The van der Waals surface area contributed by atoms with Crippen molar-refractivity contribution in [1.82, 2.24) is 0 Å². The van der Waals surface area contributed by atoms with E-state index in [0.717, 1.165) is 11.6 Å². The Morgan fingerprint density at radius 3 is 1.61 bits per heavy atom. The Morgan fingerprint density at radius 2 is 1.07 bits per heavy atom. The van der Waals surface area contributed by atoms with Crippen molar-refractivity contribution in [1.29, 1.82) is 0 Å². The standard InChI is InChI=1S/C31H28O10/c1-2-27(32)38-20-21-39-29(34)17-16-28(33)37-19-18-22-8-14-26(15-9-22)41-31(36)24-12-10-23(11-13-24)30(35)40-25-6-4-3-5-7-25/h2-15H,1,16-21H2. The number of ether oxygens (including phenoxy) is 5. The quantitative estimate of drug-likeness (QED) is 0.0926. The van der Waals surface area contributed by atoms with Crippen LogP contribution < -0.4 is 9.47 Å². The van der Waals surface area contributed by atoms with Crippen molar-refractivity contribution in [2.24, 2.45) is 0 Å². The van der Waals surface area contributed by atoms with Gasteiger partial charge in [0.05, 0.1) is 30.6 Å². The minimum Gasteiger partial charge on any atom is -0.465 e. The fourth-order valence-electron chi connectivity index (χ4n) is 3.27. The van der Waals surface area contributed by atoms with Crippen LogP contribution >= 0.6 is 0 Å². The third-order valence-corrected chi connectivity index (χ3v) is 5.39. The second kappa shape index (κ2) is 16.0. The van der Waals surface area contributed by atoms with Crippen LogP contribution in [0.2, 0.25) is 0 Å². The van der Waals surface area contributed by atoms with Crippen LogP contribution in [-0.2, 0) is 35.0 Å². The van der Waals surface area contributed by atoms with Gasteiger partial charge in [-0.1, -0.05) is 36.9 Å². The van der Waals surface area contributed by atoms with E-state index < -0.39 is 29.8 Å². The molecule has 0 saturated heterocycles. The van der Waals surface area contributed by atoms with Crippen LogP contribution in [0, 0.1) is 0 Å². The zero-order valence-corrected chi connectivity index (χ0v) is 22.1. The molecule has 0 radical (unpaired) electrons. The Kier molecular flexibility index (Phi) is 11.8. The van der Waals surface area contributed by atoms with E-state index in [2.05, 4.69) is 11.3 Å². The molecule has 0 aliphatic rings. The molecule has 0 amide bonds. The lowest BCUT2D eigenvalue weighted by molar-refractivity contribution is -0.152. The van der Waals surface area contributed by atoms with Gasteiger partial charge in [-0.3, -0.25) is 9.59 Å². The first-order valence-corrected chi connectivity index (χ1v) is 12.6. The summed E-state index contributed by atoms with van der Waals surface area (Å²) in [6, 6.07) is 21.3. The van der Waals surface area contributed by atoms with Crippen LogP contribution in [0.15, 0.2) is 91.5 Å². The van der Waals surface area contributed by atoms with Gasteiger partial charge in [-0.05, 0) is 54.1 Å². The minimum absolute atomic E-state index is 0.0975. The van der Waals surface area contributed by atoms with Crippen molar-refractivity contribution < 1.29 is 47.7 Å². The molecule has 0 aliphatic carbocycles. The van der Waals surface area contributed by atoms with Crippen molar-refractivity contribution in [3.05, 3.63) is 108 Å². The summed E-state index contributed by atoms with van der Waals surface area (Å²) in [6.45, 7) is 3.13. The van der Waals surface area contributed by atoms with Gasteiger partial charge in [0, 0.05) is 12.5 Å². The fourth-order valence-corrected chi connectivity index (χ4v) is 3.27. The summed E-state index contributed by atoms with van der Waals surface area (Å²) in [5.74, 6) is -2.17. The van der Waals surface area contributed by atoms with E-state index in [0.29, 0.717) is 23.5 Å². The van der Waals surface area contributed by atoms with Crippen LogP contribution in [0.5, 0.6) is 11.5 Å². The van der Waals surface area contributed by atoms with Crippen molar-refractivity contribution in [2.45, 2.75) is 19.3 Å². The van der Waals surface area contributed by atoms with Crippen molar-refractivity contribution in [3.63, 3.8) is 0 Å². The first kappa shape index (κ1) is 30.3. The highest BCUT2D eigenvalue weighted by Gasteiger charge is 2.13. The number of para-hydroxylation sites is 1. The Labute approximate surface area is 236 Å². The molecule has 0 N–H and O–H groups in total. The largest absolute Gasteiger partial charge is 0.465 e. The monoisotopic (exact) mass is 560 g/mol. The first-order valence-electron chi connectivity index (χ1n) is 12.6. The van der Waals surface area contributed by atoms with Gasteiger partial charge in [-0.25, -0.2) is 14.4 Å². The number of carbonyl (C=O) groups is 5. The van der Waals surface area contributed by atoms with Gasteiger partial charge in [-0.15, -0.1) is 0 Å². The predicted molar refractivity (Wildman–Crippen MR) is 145 cm³/mol. The molecule has 0 unspecified atom stereocenters. The molecule has 0 spiro atoms. The van der Waals surface area contributed by atoms with Crippen LogP contribution in [-0.4, -0.2) is 49.7 Å². The highest BCUT2D eigenvalue weighted by Crippen LogP contribution is 2.17. The molecular weight excluding hydrogens is 532 g/mol. The maximum atomic E-state index is 12.5. The van der Waals surface area contributed by atoms with Crippen LogP contribution in [0.1, 0.15) is 39.1 Å². The summed E-state index contributed by atoms with van der Waals surface area (Å²) in [5, 5.41) is 0. The molecule has 0 heterocycles. The van der Waals surface area contributed by atoms with Gasteiger partial charge in [0.2, 0.25) is 0 Å². The zero-order valence-electron chi connectivity index (χ0n) is 22.1. The molecule has 3 rings (SSSR count). The Balaban J connectivity index is 1.35. The van der Waals surface area contributed by atoms with Crippen LogP contribution in [0.3, 0.4) is 0 Å². The molecule has 3 aromatic rings. The molecule has 10 heteroatoms. The molecular formula is C31H28O10. The first-order chi connectivity index (χ1) is 19.8. The van der Waals surface area contributed by atoms with Gasteiger partial charge in [0.15, 0.2) is 0 Å². The maximum absolute atomic E-state index is 12.5. The van der Waals surface area contributed by atoms with E-state index in [1.807, 2.05) is 6.07 Å². The van der Waals surface area contributed by atoms with Crippen LogP contribution in [0.4, 0.5) is 0 Å². The molecule has 10 nitrogen and oxygen atoms in total. The van der Waals surface area contributed by atoms with Gasteiger partial charge in [-0.2, -0.15) is 0 Å². The lowest BCUT2D eigenvalue weighted by atomic mass is 10.1. The van der Waals surface area contributed by atoms with Gasteiger partial charge >= 0.3 is 29.8 Å². The topological polar surface area (TPSA) is 132 Å². The lowest BCUT2D eigenvalue weighted by Crippen LogP contribution is -2.15. The molecule has 41 heavy (non-hydrogen) atoms. The highest BCUT2D eigenvalue weighted by atomic mass is 16.6. The highest BCUT2D eigenvalue weighted by molar-refractivity contribution is 5.94. The second-order valence-electron chi connectivity index (χ2n) is 8.38. The molecule has 0 bridgehead atoms. The molecule has 0 aliphatic heterocycles. The summed E-state index contributed by atoms with van der Waals surface area (Å²) in [4.78, 5) is 59.1. The van der Waals surface area contributed by atoms with Crippen molar-refractivity contribution in [2.75, 3.05) is 19.8 Å². The van der Waals surface area contributed by atoms with Crippen molar-refractivity contribution >= 4 is 29.8 Å². The lowest BCUT2D eigenvalue weighted by Gasteiger charge is -2.08. The SMILES string of the molecule is C=CC(=O)OCCOC(=O)CCC(=O)OCCc1ccc(OC(=O)c2ccc(C(=O)Oc3ccccc3)cc2)cc1. The number of benzene rings is 3. The van der Waals surface area contributed by atoms with Gasteiger partial charge in [0.1, 0.15) is 24.7 Å². The Morgan fingerprint density at radius 1 is 0.585 bits per heavy atom. The van der Waals surface area contributed by atoms with E-state index >= 15 is 0 Å². The maximum Gasteiger partial charge on any atom is 0.343 e. The molecule has 0 saturated carbocycles. The average Bonchev–Trinajstić information content (AvgIpc) is 2.99. The Bertz CT molecular complexity index is 1350. The normalized spacial score (nSPS) is 10.1. The van der Waals surface area contributed by atoms with E-state index in [4.69, 9.17) is 18.9 Å². The molecule has 0 atom stereocenters. The van der Waals surface area contributed by atoms with Gasteiger partial charge in [0.25, 0.3) is 0 Å². The molecule has 3 aromatic carbocycles. The van der Waals surface area contributed by atoms with E-state index in [-0.39, 0.29) is 38.2 Å². The minimum atomic E-state index is -0.618. The number of esters is 5. The predicted octanol–water partition coefficient (Wildman–Crippen LogP) is 4.26. The van der Waals surface area contributed by atoms with E-state index in [9.17, 15) is 24.0 Å². The molecule has 212 valence electrons. The number of carbonyl (C=O) groups excluding carboxylic acids is 5. The molecule has 0 fully saturated rings. The summed E-state index contributed by atoms with van der Waals surface area (Å²) in [5.41, 5.74) is 1.39. The molecule has 0 aromatic heterocycles. The zero-order chi connectivity index (χ0) is 29.5. The van der Waals surface area contributed by atoms with Gasteiger partial charge < -0.3 is 23.7 Å². The van der Waals surface area contributed by atoms with E-state index in [1.165, 1.54) is 24.3 Å². The summed E-state index contributed by atoms with van der Waals surface area (Å²) in [6.07, 6.45) is 1.11. The smallest absolute Gasteiger partial charge is 0.343 e. The summed E-state index contributed by atoms with van der Waals surface area (Å²) in [7, 11) is 0. The average molecular weight is 561 g/mol. The summed E-state index contributed by atoms with van der Waals surface area (Å²) >= 11 is 0. The number of hydrogen-bond acceptors (Lipinski definition) is 10. The second-order valence-corrected chi connectivity index (χ2v) is 8.38. The number of hydrogen-bond donors (Lipinski definition) is 0. The number of rotatable bonds is 14. The fraction of sp³-hybridized carbons (Fsp3) is 0.194. The third kappa shape index (κ3) is 10.8. The van der Waals surface area contributed by atoms with Crippen molar-refractivity contribution in [3.8, 4) is 11.5 Å². The Hall–Kier alpha value is -5.25. The van der Waals surface area contributed by atoms with Crippen LogP contribution in [0.25, 0.3) is 0 Å². The van der Waals surface area contributed by atoms with E-state index in [1.54, 1.807) is 48.5 Å². The third-order valence-electron chi connectivity index (χ3n) is 5.39. The summed E-state index contributed by atoms with van der Waals surface area (Å²) < 4.78 is 25.3.